The van der Waals surface area contributed by atoms with E-state index in [0.717, 1.165) is 5.75 Å². The van der Waals surface area contributed by atoms with Gasteiger partial charge in [0.2, 0.25) is 0 Å². The van der Waals surface area contributed by atoms with Crippen LogP contribution in [0.5, 0.6) is 0 Å². The molecule has 0 aromatic rings. The molecule has 2 unspecified atom stereocenters. The Labute approximate surface area is 98.0 Å². The maximum Gasteiger partial charge on any atom is 0.0687 e. The average molecular weight is 226 g/mol. The third-order valence-electron chi connectivity index (χ3n) is 2.17. The predicted octanol–water partition coefficient (Wildman–Crippen LogP) is 3.29. The Balaban J connectivity index is 4.29. The lowest BCUT2D eigenvalue weighted by atomic mass is 9.98. The van der Waals surface area contributed by atoms with Crippen molar-refractivity contribution >= 4 is 24.4 Å². The number of rotatable bonds is 4. The third-order valence-corrected chi connectivity index (χ3v) is 4.75. The fraction of sp³-hybridized carbons (Fsp3) is 0.667. The number of hydrogen-bond donors (Lipinski definition) is 1. The number of hydrogen-bond acceptors (Lipinski definition) is 2. The summed E-state index contributed by atoms with van der Waals surface area (Å²) < 4.78 is -0.205. The Morgan fingerprint density at radius 2 is 1.86 bits per heavy atom. The van der Waals surface area contributed by atoms with Crippen molar-refractivity contribution in [3.05, 3.63) is 0 Å². The third kappa shape index (κ3) is 4.36. The van der Waals surface area contributed by atoms with Crippen molar-refractivity contribution in [2.45, 2.75) is 31.8 Å². The van der Waals surface area contributed by atoms with Gasteiger partial charge in [0, 0.05) is 17.1 Å². The van der Waals surface area contributed by atoms with Crippen LogP contribution in [-0.4, -0.2) is 9.83 Å². The van der Waals surface area contributed by atoms with Crippen LogP contribution in [-0.2, 0) is 0 Å². The summed E-state index contributed by atoms with van der Waals surface area (Å²) in [7, 11) is 0. The molecule has 0 aliphatic rings. The van der Waals surface area contributed by atoms with Gasteiger partial charge in [-0.05, 0) is 27.7 Å². The summed E-state index contributed by atoms with van der Waals surface area (Å²) in [5.74, 6) is 6.47. The lowest BCUT2D eigenvalue weighted by Crippen LogP contribution is -2.24. The molecule has 0 nitrogen and oxygen atoms in total. The molecular weight excluding hydrogens is 208 g/mol. The van der Waals surface area contributed by atoms with Crippen LogP contribution in [0, 0.1) is 36.0 Å². The van der Waals surface area contributed by atoms with Gasteiger partial charge in [0.15, 0.2) is 0 Å². The van der Waals surface area contributed by atoms with E-state index in [1.807, 2.05) is 27.7 Å². The highest BCUT2D eigenvalue weighted by Crippen LogP contribution is 2.39. The van der Waals surface area contributed by atoms with Crippen molar-refractivity contribution in [1.29, 1.82) is 0 Å². The molecule has 0 heterocycles. The van der Waals surface area contributed by atoms with Crippen molar-refractivity contribution < 1.29 is 0 Å². The molecule has 0 radical (unpaired) electrons. The van der Waals surface area contributed by atoms with Crippen LogP contribution in [0.25, 0.3) is 0 Å². The van der Waals surface area contributed by atoms with E-state index in [1.165, 1.54) is 0 Å². The minimum absolute atomic E-state index is 0.0943. The highest BCUT2D eigenvalue weighted by atomic mass is 32.2. The van der Waals surface area contributed by atoms with Crippen LogP contribution in [0.2, 0.25) is 0 Å². The summed E-state index contributed by atoms with van der Waals surface area (Å²) in [5.41, 5.74) is -0.0943. The molecule has 0 fully saturated rings. The Bertz CT molecular complexity index is 263. The van der Waals surface area contributed by atoms with Crippen molar-refractivity contribution in [2.24, 2.45) is 11.3 Å². The van der Waals surface area contributed by atoms with Crippen molar-refractivity contribution in [1.82, 2.24) is 0 Å². The second kappa shape index (κ2) is 5.06. The van der Waals surface area contributed by atoms with E-state index >= 15 is 0 Å². The van der Waals surface area contributed by atoms with Gasteiger partial charge < -0.3 is 0 Å². The SMILES string of the molecule is C#CC(C)C(C)(S)SCC(C)(C)C#C. The van der Waals surface area contributed by atoms with E-state index < -0.39 is 0 Å². The zero-order valence-electron chi connectivity index (χ0n) is 9.29. The van der Waals surface area contributed by atoms with Gasteiger partial charge in [-0.3, -0.25) is 0 Å². The minimum atomic E-state index is -0.205. The summed E-state index contributed by atoms with van der Waals surface area (Å²) in [6.45, 7) is 8.13. The van der Waals surface area contributed by atoms with Gasteiger partial charge in [0.1, 0.15) is 0 Å². The normalized spacial score (nSPS) is 17.6. The molecule has 0 N–H and O–H groups in total. The van der Waals surface area contributed by atoms with E-state index in [2.05, 4.69) is 24.5 Å². The van der Waals surface area contributed by atoms with Crippen LogP contribution in [0.15, 0.2) is 0 Å². The van der Waals surface area contributed by atoms with Gasteiger partial charge in [-0.2, -0.15) is 12.6 Å². The molecule has 0 bridgehead atoms. The summed E-state index contributed by atoms with van der Waals surface area (Å²) >= 11 is 6.29. The van der Waals surface area contributed by atoms with Crippen LogP contribution < -0.4 is 0 Å². The zero-order valence-corrected chi connectivity index (χ0v) is 11.0. The molecule has 0 aromatic carbocycles. The van der Waals surface area contributed by atoms with E-state index in [9.17, 15) is 0 Å². The molecule has 78 valence electrons. The molecule has 0 saturated heterocycles. The molecular formula is C12H18S2. The fourth-order valence-corrected chi connectivity index (χ4v) is 1.97. The predicted molar refractivity (Wildman–Crippen MR) is 70.5 cm³/mol. The van der Waals surface area contributed by atoms with Crippen LogP contribution in [0.1, 0.15) is 27.7 Å². The van der Waals surface area contributed by atoms with Crippen molar-refractivity contribution in [3.63, 3.8) is 0 Å². The molecule has 2 heteroatoms. The first kappa shape index (κ1) is 13.8. The highest BCUT2D eigenvalue weighted by Gasteiger charge is 2.28. The molecule has 0 rings (SSSR count). The topological polar surface area (TPSA) is 0 Å². The van der Waals surface area contributed by atoms with Gasteiger partial charge in [0.05, 0.1) is 4.08 Å². The van der Waals surface area contributed by atoms with Gasteiger partial charge in [-0.15, -0.1) is 30.5 Å². The Morgan fingerprint density at radius 1 is 1.36 bits per heavy atom. The Morgan fingerprint density at radius 3 is 2.21 bits per heavy atom. The van der Waals surface area contributed by atoms with Crippen LogP contribution in [0.3, 0.4) is 0 Å². The summed E-state index contributed by atoms with van der Waals surface area (Å²) in [6.07, 6.45) is 10.8. The summed E-state index contributed by atoms with van der Waals surface area (Å²) in [4.78, 5) is 0. The van der Waals surface area contributed by atoms with E-state index in [4.69, 9.17) is 12.8 Å². The van der Waals surface area contributed by atoms with Crippen molar-refractivity contribution in [2.75, 3.05) is 5.75 Å². The maximum absolute atomic E-state index is 5.42. The standard InChI is InChI=1S/C12H18S2/c1-7-10(3)12(6,13)14-9-11(4,5)8-2/h1-2,10,13H,9H2,3-6H3. The van der Waals surface area contributed by atoms with Crippen LogP contribution >= 0.6 is 24.4 Å². The molecule has 0 amide bonds. The Kier molecular flexibility index (Phi) is 4.99. The van der Waals surface area contributed by atoms with Gasteiger partial charge >= 0.3 is 0 Å². The van der Waals surface area contributed by atoms with Gasteiger partial charge in [-0.1, -0.05) is 5.92 Å². The molecule has 14 heavy (non-hydrogen) atoms. The smallest absolute Gasteiger partial charge is 0.0687 e. The first-order chi connectivity index (χ1) is 6.25. The minimum Gasteiger partial charge on any atom is -0.161 e. The molecule has 0 aliphatic heterocycles. The number of terminal acetylenes is 2. The maximum atomic E-state index is 5.42. The van der Waals surface area contributed by atoms with E-state index in [1.54, 1.807) is 11.8 Å². The van der Waals surface area contributed by atoms with Gasteiger partial charge in [0.25, 0.3) is 0 Å². The molecule has 0 aromatic heterocycles. The molecule has 2 atom stereocenters. The van der Waals surface area contributed by atoms with Gasteiger partial charge in [-0.25, -0.2) is 0 Å². The van der Waals surface area contributed by atoms with Crippen molar-refractivity contribution in [3.8, 4) is 24.7 Å². The average Bonchev–Trinajstić information content (AvgIpc) is 2.14. The number of thiol groups is 1. The highest BCUT2D eigenvalue weighted by molar-refractivity contribution is 8.11. The van der Waals surface area contributed by atoms with Crippen LogP contribution in [0.4, 0.5) is 0 Å². The second-order valence-electron chi connectivity index (χ2n) is 4.26. The first-order valence-corrected chi connectivity index (χ1v) is 5.98. The summed E-state index contributed by atoms with van der Waals surface area (Å²) in [5, 5.41) is 0. The fourth-order valence-electron chi connectivity index (χ4n) is 0.648. The van der Waals surface area contributed by atoms with E-state index in [-0.39, 0.29) is 15.4 Å². The lowest BCUT2D eigenvalue weighted by Gasteiger charge is -2.29. The molecule has 0 saturated carbocycles. The summed E-state index contributed by atoms with van der Waals surface area (Å²) in [6, 6.07) is 0. The Hall–Kier alpha value is -0.180. The monoisotopic (exact) mass is 226 g/mol. The second-order valence-corrected chi connectivity index (χ2v) is 6.92. The largest absolute Gasteiger partial charge is 0.161 e. The van der Waals surface area contributed by atoms with E-state index in [0.29, 0.717) is 0 Å². The first-order valence-electron chi connectivity index (χ1n) is 4.55. The quantitative estimate of drug-likeness (QED) is 0.436. The lowest BCUT2D eigenvalue weighted by molar-refractivity contribution is 0.579. The molecule has 0 spiro atoms. The number of thioether (sulfide) groups is 1. The molecule has 0 aliphatic carbocycles. The zero-order chi connectivity index (χ0) is 11.4.